The Labute approximate surface area is 277 Å². The minimum Gasteiger partial charge on any atom is -0.465 e. The monoisotopic (exact) mass is 643 g/mol. The van der Waals surface area contributed by atoms with Crippen LogP contribution in [0.5, 0.6) is 0 Å². The number of rotatable bonds is 8. The molecule has 2 aromatic carbocycles. The van der Waals surface area contributed by atoms with Gasteiger partial charge in [-0.25, -0.2) is 19.7 Å². The van der Waals surface area contributed by atoms with Crippen LogP contribution in [0.15, 0.2) is 60.9 Å². The number of aromatic nitrogens is 5. The molecule has 2 saturated heterocycles. The highest BCUT2D eigenvalue weighted by Crippen LogP contribution is 2.34. The number of nitrogens with zero attached hydrogens (tertiary/aromatic N) is 5. The summed E-state index contributed by atoms with van der Waals surface area (Å²) in [5.74, 6) is 1.19. The first-order chi connectivity index (χ1) is 23.3. The summed E-state index contributed by atoms with van der Waals surface area (Å²) in [5.41, 5.74) is 6.45. The molecule has 2 aliphatic heterocycles. The molecular weight excluding hydrogens is 606 g/mol. The zero-order chi connectivity index (χ0) is 33.4. The van der Waals surface area contributed by atoms with Crippen LogP contribution in [0.2, 0.25) is 0 Å². The van der Waals surface area contributed by atoms with Gasteiger partial charge in [0.25, 0.3) is 0 Å². The molecule has 0 aliphatic carbocycles. The standard InChI is InChI=1S/C36H37N9O3/c1-20(2)32(44-36(47)48)35(46)45-14-4-6-31(45)34-40-18-29(43-34)22-9-7-21(8-10-22)28-16-24(17-37)25-15-23(11-12-26(25)41-28)30-19-39-33(42-30)27-5-3-13-38-27/h7-12,15-16,18-20,27,31-32,38,44H,3-6,13-14H2,1-2H3,(H,39,42)(H,40,43)(H,47,48)/t27-,31?,32?/m0/s1. The number of likely N-dealkylation sites (tertiary alicyclic amines) is 1. The molecule has 5 aromatic rings. The molecule has 2 fully saturated rings. The second kappa shape index (κ2) is 12.9. The molecule has 3 atom stereocenters. The molecule has 48 heavy (non-hydrogen) atoms. The van der Waals surface area contributed by atoms with Gasteiger partial charge in [-0.2, -0.15) is 5.26 Å². The molecule has 3 aromatic heterocycles. The SMILES string of the molecule is CC(C)C(NC(=O)O)C(=O)N1CCCC1c1ncc(-c2ccc(-c3cc(C#N)c4cc(-c5cnc([C@@H]6CCCN6)[nH]5)ccc4n3)cc2)[nH]1. The minimum absolute atomic E-state index is 0.186. The van der Waals surface area contributed by atoms with Gasteiger partial charge in [0.2, 0.25) is 5.91 Å². The number of pyridine rings is 1. The van der Waals surface area contributed by atoms with E-state index in [-0.39, 0.29) is 23.9 Å². The van der Waals surface area contributed by atoms with Gasteiger partial charge in [0.15, 0.2) is 0 Å². The number of amides is 2. The second-order valence-electron chi connectivity index (χ2n) is 12.9. The molecule has 0 saturated carbocycles. The number of nitrogens with one attached hydrogen (secondary N) is 4. The largest absolute Gasteiger partial charge is 0.465 e. The van der Waals surface area contributed by atoms with Crippen LogP contribution in [-0.4, -0.2) is 66.1 Å². The summed E-state index contributed by atoms with van der Waals surface area (Å²) in [4.78, 5) is 47.3. The number of imidazole rings is 2. The zero-order valence-corrected chi connectivity index (χ0v) is 26.8. The van der Waals surface area contributed by atoms with Gasteiger partial charge in [0.1, 0.15) is 17.7 Å². The fraction of sp³-hybridized carbons (Fsp3) is 0.333. The molecule has 0 spiro atoms. The van der Waals surface area contributed by atoms with E-state index in [4.69, 9.17) is 4.98 Å². The van der Waals surface area contributed by atoms with E-state index in [9.17, 15) is 20.0 Å². The molecule has 2 aliphatic rings. The molecule has 0 radical (unpaired) electrons. The Morgan fingerprint density at radius 3 is 2.38 bits per heavy atom. The number of carbonyl (C=O) groups is 2. The Bertz CT molecular complexity index is 2020. The first-order valence-electron chi connectivity index (χ1n) is 16.4. The van der Waals surface area contributed by atoms with Crippen molar-refractivity contribution >= 4 is 22.9 Å². The number of nitriles is 1. The van der Waals surface area contributed by atoms with Gasteiger partial charge >= 0.3 is 6.09 Å². The number of H-pyrrole nitrogens is 2. The number of aromatic amines is 2. The summed E-state index contributed by atoms with van der Waals surface area (Å²) in [7, 11) is 0. The predicted molar refractivity (Wildman–Crippen MR) is 181 cm³/mol. The Kier molecular flexibility index (Phi) is 8.37. The third-order valence-corrected chi connectivity index (χ3v) is 9.38. The predicted octanol–water partition coefficient (Wildman–Crippen LogP) is 5.93. The lowest BCUT2D eigenvalue weighted by Crippen LogP contribution is -2.50. The summed E-state index contributed by atoms with van der Waals surface area (Å²) >= 11 is 0. The number of carbonyl (C=O) groups excluding carboxylic acids is 1. The Morgan fingerprint density at radius 1 is 0.958 bits per heavy atom. The van der Waals surface area contributed by atoms with E-state index in [0.29, 0.717) is 23.6 Å². The first-order valence-corrected chi connectivity index (χ1v) is 16.4. The highest BCUT2D eigenvalue weighted by atomic mass is 16.4. The maximum atomic E-state index is 13.3. The van der Waals surface area contributed by atoms with Gasteiger partial charge in [-0.05, 0) is 61.9 Å². The first kappa shape index (κ1) is 31.1. The van der Waals surface area contributed by atoms with Crippen molar-refractivity contribution in [3.05, 3.63) is 78.1 Å². The fourth-order valence-electron chi connectivity index (χ4n) is 6.83. The van der Waals surface area contributed by atoms with Crippen LogP contribution >= 0.6 is 0 Å². The summed E-state index contributed by atoms with van der Waals surface area (Å²) in [5, 5.41) is 26.0. The minimum atomic E-state index is -1.21. The molecule has 0 bridgehead atoms. The number of benzene rings is 2. The Morgan fingerprint density at radius 2 is 1.67 bits per heavy atom. The average molecular weight is 644 g/mol. The maximum absolute atomic E-state index is 13.3. The summed E-state index contributed by atoms with van der Waals surface area (Å²) < 4.78 is 0. The van der Waals surface area contributed by atoms with Crippen molar-refractivity contribution in [1.82, 2.24) is 40.5 Å². The third-order valence-electron chi connectivity index (χ3n) is 9.38. The van der Waals surface area contributed by atoms with Crippen molar-refractivity contribution in [2.24, 2.45) is 5.92 Å². The van der Waals surface area contributed by atoms with Crippen LogP contribution in [-0.2, 0) is 4.79 Å². The van der Waals surface area contributed by atoms with E-state index in [1.165, 1.54) is 0 Å². The molecule has 244 valence electrons. The molecule has 5 N–H and O–H groups in total. The van der Waals surface area contributed by atoms with E-state index < -0.39 is 12.1 Å². The van der Waals surface area contributed by atoms with Crippen molar-refractivity contribution in [1.29, 1.82) is 5.26 Å². The van der Waals surface area contributed by atoms with Crippen LogP contribution in [0, 0.1) is 17.2 Å². The molecule has 7 rings (SSSR count). The van der Waals surface area contributed by atoms with Crippen molar-refractivity contribution < 1.29 is 14.7 Å². The summed E-state index contributed by atoms with van der Waals surface area (Å²) in [6.07, 6.45) is 6.15. The fourth-order valence-corrected chi connectivity index (χ4v) is 6.83. The Hall–Kier alpha value is -5.54. The van der Waals surface area contributed by atoms with Crippen molar-refractivity contribution in [2.75, 3.05) is 13.1 Å². The lowest BCUT2D eigenvalue weighted by atomic mass is 10.0. The Balaban J connectivity index is 1.10. The molecule has 2 amide bonds. The van der Waals surface area contributed by atoms with Gasteiger partial charge in [-0.3, -0.25) is 4.79 Å². The van der Waals surface area contributed by atoms with Gasteiger partial charge in [0.05, 0.1) is 58.7 Å². The topological polar surface area (TPSA) is 176 Å². The lowest BCUT2D eigenvalue weighted by molar-refractivity contribution is -0.135. The van der Waals surface area contributed by atoms with E-state index in [2.05, 4.69) is 36.6 Å². The molecule has 12 nitrogen and oxygen atoms in total. The van der Waals surface area contributed by atoms with Gasteiger partial charge in [0, 0.05) is 23.1 Å². The zero-order valence-electron chi connectivity index (χ0n) is 26.8. The van der Waals surface area contributed by atoms with Crippen LogP contribution < -0.4 is 10.6 Å². The molecular formula is C36H37N9O3. The van der Waals surface area contributed by atoms with Gasteiger partial charge in [-0.1, -0.05) is 44.2 Å². The molecule has 2 unspecified atom stereocenters. The van der Waals surface area contributed by atoms with Crippen molar-refractivity contribution in [3.63, 3.8) is 0 Å². The number of hydrogen-bond acceptors (Lipinski definition) is 7. The van der Waals surface area contributed by atoms with Crippen LogP contribution in [0.4, 0.5) is 4.79 Å². The van der Waals surface area contributed by atoms with Crippen LogP contribution in [0.3, 0.4) is 0 Å². The van der Waals surface area contributed by atoms with Gasteiger partial charge < -0.3 is 30.6 Å². The van der Waals surface area contributed by atoms with E-state index in [1.807, 2.05) is 68.6 Å². The van der Waals surface area contributed by atoms with E-state index >= 15 is 0 Å². The summed E-state index contributed by atoms with van der Waals surface area (Å²) in [6, 6.07) is 17.2. The highest BCUT2D eigenvalue weighted by Gasteiger charge is 2.37. The average Bonchev–Trinajstić information content (AvgIpc) is 3.93. The lowest BCUT2D eigenvalue weighted by Gasteiger charge is -2.29. The van der Waals surface area contributed by atoms with Gasteiger partial charge in [-0.15, -0.1) is 0 Å². The van der Waals surface area contributed by atoms with Crippen molar-refractivity contribution in [2.45, 2.75) is 57.7 Å². The highest BCUT2D eigenvalue weighted by molar-refractivity contribution is 5.91. The van der Waals surface area contributed by atoms with E-state index in [0.717, 1.165) is 77.0 Å². The second-order valence-corrected chi connectivity index (χ2v) is 12.9. The van der Waals surface area contributed by atoms with Crippen LogP contribution in [0.1, 0.15) is 68.8 Å². The maximum Gasteiger partial charge on any atom is 0.405 e. The number of fused-ring (bicyclic) bond motifs is 1. The smallest absolute Gasteiger partial charge is 0.405 e. The quantitative estimate of drug-likeness (QED) is 0.138. The normalized spacial score (nSPS) is 18.3. The number of hydrogen-bond donors (Lipinski definition) is 5. The third kappa shape index (κ3) is 6.00. The van der Waals surface area contributed by atoms with E-state index in [1.54, 1.807) is 11.1 Å². The molecule has 12 heteroatoms. The number of carboxylic acid groups (broad SMARTS) is 1. The summed E-state index contributed by atoms with van der Waals surface area (Å²) in [6.45, 7) is 5.21. The van der Waals surface area contributed by atoms with Crippen molar-refractivity contribution in [3.8, 4) is 39.8 Å². The molecule has 5 heterocycles. The van der Waals surface area contributed by atoms with Crippen LogP contribution in [0.25, 0.3) is 44.7 Å².